The fraction of sp³-hybridized carbons (Fsp3) is 0.440. The molecule has 3 rings (SSSR count). The molecule has 0 aromatic heterocycles. The van der Waals surface area contributed by atoms with Gasteiger partial charge < -0.3 is 15.0 Å². The summed E-state index contributed by atoms with van der Waals surface area (Å²) in [5, 5.41) is 3.56. The Morgan fingerprint density at radius 3 is 2.59 bits per heavy atom. The van der Waals surface area contributed by atoms with Crippen LogP contribution >= 0.6 is 27.5 Å². The molecule has 0 saturated heterocycles. The fourth-order valence-electron chi connectivity index (χ4n) is 3.94. The molecule has 1 unspecified atom stereocenters. The minimum Gasteiger partial charge on any atom is -0.482 e. The lowest BCUT2D eigenvalue weighted by Crippen LogP contribution is -2.51. The molecular formula is C25H30BrClN2O3. The molecule has 172 valence electrons. The van der Waals surface area contributed by atoms with Crippen molar-refractivity contribution >= 4 is 39.3 Å². The molecule has 1 aliphatic carbocycles. The molecule has 32 heavy (non-hydrogen) atoms. The SMILES string of the molecule is Cc1ccccc1CN(C(=O)COc1ccc(Br)cc1Cl)C(C)C(=O)NC1CCCCC1. The summed E-state index contributed by atoms with van der Waals surface area (Å²) < 4.78 is 6.54. The quantitative estimate of drug-likeness (QED) is 0.488. The normalized spacial score (nSPS) is 15.1. The number of aryl methyl sites for hydroxylation is 1. The van der Waals surface area contributed by atoms with Crippen LogP contribution in [0.25, 0.3) is 0 Å². The molecule has 1 aliphatic rings. The average Bonchev–Trinajstić information content (AvgIpc) is 2.78. The van der Waals surface area contributed by atoms with Crippen molar-refractivity contribution in [2.24, 2.45) is 0 Å². The number of carbonyl (C=O) groups is 2. The summed E-state index contributed by atoms with van der Waals surface area (Å²) in [5.74, 6) is 0.0393. The molecule has 0 spiro atoms. The smallest absolute Gasteiger partial charge is 0.261 e. The van der Waals surface area contributed by atoms with Gasteiger partial charge in [0.05, 0.1) is 5.02 Å². The minimum atomic E-state index is -0.618. The van der Waals surface area contributed by atoms with Crippen LogP contribution in [-0.4, -0.2) is 35.4 Å². The van der Waals surface area contributed by atoms with Gasteiger partial charge in [-0.2, -0.15) is 0 Å². The summed E-state index contributed by atoms with van der Waals surface area (Å²) in [6.07, 6.45) is 5.47. The van der Waals surface area contributed by atoms with Crippen LogP contribution in [0.1, 0.15) is 50.2 Å². The maximum atomic E-state index is 13.2. The summed E-state index contributed by atoms with van der Waals surface area (Å²) in [4.78, 5) is 27.8. The van der Waals surface area contributed by atoms with Crippen LogP contribution in [-0.2, 0) is 16.1 Å². The number of rotatable bonds is 8. The number of amides is 2. The second-order valence-corrected chi connectivity index (χ2v) is 9.65. The Labute approximate surface area is 203 Å². The number of hydrogen-bond donors (Lipinski definition) is 1. The third-order valence-electron chi connectivity index (χ3n) is 5.97. The van der Waals surface area contributed by atoms with Crippen LogP contribution in [0.3, 0.4) is 0 Å². The summed E-state index contributed by atoms with van der Waals surface area (Å²) >= 11 is 9.58. The lowest BCUT2D eigenvalue weighted by Gasteiger charge is -2.31. The molecule has 2 amide bonds. The molecule has 2 aromatic carbocycles. The fourth-order valence-corrected chi connectivity index (χ4v) is 4.66. The highest BCUT2D eigenvalue weighted by Gasteiger charge is 2.28. The number of hydrogen-bond acceptors (Lipinski definition) is 3. The first kappa shape index (κ1) is 24.6. The molecule has 1 atom stereocenters. The Hall–Kier alpha value is -2.05. The maximum absolute atomic E-state index is 13.2. The zero-order chi connectivity index (χ0) is 23.1. The summed E-state index contributed by atoms with van der Waals surface area (Å²) in [5.41, 5.74) is 2.07. The van der Waals surface area contributed by atoms with Crippen molar-refractivity contribution in [3.8, 4) is 5.75 Å². The summed E-state index contributed by atoms with van der Waals surface area (Å²) in [7, 11) is 0. The van der Waals surface area contributed by atoms with Crippen LogP contribution < -0.4 is 10.1 Å². The van der Waals surface area contributed by atoms with E-state index < -0.39 is 6.04 Å². The van der Waals surface area contributed by atoms with E-state index in [4.69, 9.17) is 16.3 Å². The molecular weight excluding hydrogens is 492 g/mol. The van der Waals surface area contributed by atoms with Crippen LogP contribution in [0.4, 0.5) is 0 Å². The maximum Gasteiger partial charge on any atom is 0.261 e. The molecule has 5 nitrogen and oxygen atoms in total. The molecule has 2 aromatic rings. The van der Waals surface area contributed by atoms with E-state index >= 15 is 0 Å². The Bertz CT molecular complexity index is 947. The van der Waals surface area contributed by atoms with Crippen LogP contribution in [0.2, 0.25) is 5.02 Å². The first-order valence-electron chi connectivity index (χ1n) is 11.1. The van der Waals surface area contributed by atoms with Crippen LogP contribution in [0, 0.1) is 6.92 Å². The number of carbonyl (C=O) groups excluding carboxylic acids is 2. The predicted octanol–water partition coefficient (Wildman–Crippen LogP) is 5.66. The van der Waals surface area contributed by atoms with Crippen molar-refractivity contribution in [1.82, 2.24) is 10.2 Å². The predicted molar refractivity (Wildman–Crippen MR) is 131 cm³/mol. The highest BCUT2D eigenvalue weighted by molar-refractivity contribution is 9.10. The largest absolute Gasteiger partial charge is 0.482 e. The van der Waals surface area contributed by atoms with E-state index in [1.165, 1.54) is 6.42 Å². The van der Waals surface area contributed by atoms with E-state index in [0.717, 1.165) is 41.3 Å². The van der Waals surface area contributed by atoms with Gasteiger partial charge in [-0.3, -0.25) is 9.59 Å². The van der Waals surface area contributed by atoms with Crippen molar-refractivity contribution in [3.05, 3.63) is 63.1 Å². The second kappa shape index (κ2) is 11.7. The Morgan fingerprint density at radius 2 is 1.91 bits per heavy atom. The van der Waals surface area contributed by atoms with Gasteiger partial charge in [-0.1, -0.05) is 71.1 Å². The molecule has 0 bridgehead atoms. The molecule has 1 N–H and O–H groups in total. The molecule has 0 heterocycles. The molecule has 1 fully saturated rings. The van der Waals surface area contributed by atoms with E-state index in [-0.39, 0.29) is 24.5 Å². The minimum absolute atomic E-state index is 0.125. The van der Waals surface area contributed by atoms with Crippen molar-refractivity contribution in [2.75, 3.05) is 6.61 Å². The van der Waals surface area contributed by atoms with Crippen LogP contribution in [0.15, 0.2) is 46.9 Å². The molecule has 7 heteroatoms. The van der Waals surface area contributed by atoms with E-state index in [0.29, 0.717) is 17.3 Å². The van der Waals surface area contributed by atoms with Gasteiger partial charge in [0.1, 0.15) is 11.8 Å². The number of ether oxygens (including phenoxy) is 1. The Balaban J connectivity index is 1.73. The molecule has 0 aliphatic heterocycles. The number of nitrogens with zero attached hydrogens (tertiary/aromatic N) is 1. The van der Waals surface area contributed by atoms with Gasteiger partial charge in [-0.25, -0.2) is 0 Å². The van der Waals surface area contributed by atoms with Gasteiger partial charge in [0.25, 0.3) is 5.91 Å². The first-order valence-corrected chi connectivity index (χ1v) is 12.2. The third-order valence-corrected chi connectivity index (χ3v) is 6.75. The molecule has 1 saturated carbocycles. The van der Waals surface area contributed by atoms with Crippen molar-refractivity contribution in [2.45, 2.75) is 64.6 Å². The van der Waals surface area contributed by atoms with Crippen molar-refractivity contribution in [1.29, 1.82) is 0 Å². The number of nitrogens with one attached hydrogen (secondary N) is 1. The van der Waals surface area contributed by atoms with Crippen molar-refractivity contribution in [3.63, 3.8) is 0 Å². The standard InChI is InChI=1S/C25H30BrClN2O3/c1-17-8-6-7-9-19(17)15-29(18(2)25(31)28-21-10-4-3-5-11-21)24(30)16-32-23-13-12-20(26)14-22(23)27/h6-9,12-14,18,21H,3-5,10-11,15-16H2,1-2H3,(H,28,31). The number of benzene rings is 2. The summed E-state index contributed by atoms with van der Waals surface area (Å²) in [6, 6.07) is 12.7. The third kappa shape index (κ3) is 6.72. The highest BCUT2D eigenvalue weighted by atomic mass is 79.9. The van der Waals surface area contributed by atoms with Gasteiger partial charge >= 0.3 is 0 Å². The van der Waals surface area contributed by atoms with E-state index in [2.05, 4.69) is 21.2 Å². The summed E-state index contributed by atoms with van der Waals surface area (Å²) in [6.45, 7) is 3.92. The lowest BCUT2D eigenvalue weighted by molar-refractivity contribution is -0.142. The Morgan fingerprint density at radius 1 is 1.19 bits per heavy atom. The monoisotopic (exact) mass is 520 g/mol. The zero-order valence-corrected chi connectivity index (χ0v) is 20.9. The van der Waals surface area contributed by atoms with E-state index in [9.17, 15) is 9.59 Å². The van der Waals surface area contributed by atoms with E-state index in [1.807, 2.05) is 31.2 Å². The van der Waals surface area contributed by atoms with Gasteiger partial charge in [0, 0.05) is 17.1 Å². The zero-order valence-electron chi connectivity index (χ0n) is 18.6. The van der Waals surface area contributed by atoms with E-state index in [1.54, 1.807) is 30.0 Å². The van der Waals surface area contributed by atoms with Gasteiger partial charge in [0.15, 0.2) is 6.61 Å². The van der Waals surface area contributed by atoms with Gasteiger partial charge in [0.2, 0.25) is 5.91 Å². The Kier molecular flexibility index (Phi) is 9.00. The average molecular weight is 522 g/mol. The van der Waals surface area contributed by atoms with Gasteiger partial charge in [-0.15, -0.1) is 0 Å². The lowest BCUT2D eigenvalue weighted by atomic mass is 9.95. The molecule has 0 radical (unpaired) electrons. The van der Waals surface area contributed by atoms with Gasteiger partial charge in [-0.05, 0) is 56.0 Å². The van der Waals surface area contributed by atoms with Crippen LogP contribution in [0.5, 0.6) is 5.75 Å². The highest BCUT2D eigenvalue weighted by Crippen LogP contribution is 2.28. The first-order chi connectivity index (χ1) is 15.3. The number of halogens is 2. The topological polar surface area (TPSA) is 58.6 Å². The van der Waals surface area contributed by atoms with Crippen molar-refractivity contribution < 1.29 is 14.3 Å². The second-order valence-electron chi connectivity index (χ2n) is 8.33.